The number of nitrogens with zero attached hydrogens (tertiary/aromatic N) is 2. The number of carbonyl (C=O) groups is 1. The SMILES string of the molecule is COc1cc(OC)nc(NC(=O)NS(=O)(=O)c2ccccc2CS(C)(=O)=O)n1. The molecule has 0 radical (unpaired) electrons. The largest absolute Gasteiger partial charge is 0.481 e. The molecule has 0 unspecified atom stereocenters. The van der Waals surface area contributed by atoms with Gasteiger partial charge in [0.15, 0.2) is 9.84 Å². The number of urea groups is 1. The van der Waals surface area contributed by atoms with Crippen molar-refractivity contribution in [3.63, 3.8) is 0 Å². The van der Waals surface area contributed by atoms with Gasteiger partial charge < -0.3 is 9.47 Å². The van der Waals surface area contributed by atoms with Crippen molar-refractivity contribution in [3.05, 3.63) is 35.9 Å². The zero-order chi connectivity index (χ0) is 20.9. The van der Waals surface area contributed by atoms with Gasteiger partial charge in [0.25, 0.3) is 10.0 Å². The number of hydrogen-bond acceptors (Lipinski definition) is 9. The number of ether oxygens (including phenoxy) is 2. The highest BCUT2D eigenvalue weighted by molar-refractivity contribution is 7.91. The Morgan fingerprint density at radius 3 is 2.14 bits per heavy atom. The fraction of sp³-hybridized carbons (Fsp3) is 0.267. The highest BCUT2D eigenvalue weighted by Crippen LogP contribution is 2.19. The Hall–Kier alpha value is -2.93. The molecule has 0 aliphatic carbocycles. The predicted molar refractivity (Wildman–Crippen MR) is 99.5 cm³/mol. The Morgan fingerprint density at radius 2 is 1.61 bits per heavy atom. The first-order valence-electron chi connectivity index (χ1n) is 7.60. The number of carbonyl (C=O) groups excluding carboxylic acids is 1. The van der Waals surface area contributed by atoms with Crippen LogP contribution in [-0.4, -0.2) is 53.3 Å². The Kier molecular flexibility index (Phi) is 6.41. The van der Waals surface area contributed by atoms with Crippen LogP contribution in [0.15, 0.2) is 35.2 Å². The molecule has 1 aromatic carbocycles. The van der Waals surface area contributed by atoms with Gasteiger partial charge in [-0.3, -0.25) is 5.32 Å². The summed E-state index contributed by atoms with van der Waals surface area (Å²) in [5, 5.41) is 2.16. The molecule has 0 spiro atoms. The second-order valence-corrected chi connectivity index (χ2v) is 9.30. The van der Waals surface area contributed by atoms with E-state index < -0.39 is 31.6 Å². The van der Waals surface area contributed by atoms with Gasteiger partial charge in [0.2, 0.25) is 17.7 Å². The second-order valence-electron chi connectivity index (χ2n) is 5.51. The summed E-state index contributed by atoms with van der Waals surface area (Å²) in [4.78, 5) is 19.5. The van der Waals surface area contributed by atoms with E-state index >= 15 is 0 Å². The van der Waals surface area contributed by atoms with Crippen molar-refractivity contribution in [2.75, 3.05) is 25.8 Å². The van der Waals surface area contributed by atoms with Gasteiger partial charge in [-0.2, -0.15) is 9.97 Å². The van der Waals surface area contributed by atoms with Crippen LogP contribution in [0.5, 0.6) is 11.8 Å². The van der Waals surface area contributed by atoms with E-state index in [2.05, 4.69) is 15.3 Å². The first kappa shape index (κ1) is 21.4. The van der Waals surface area contributed by atoms with E-state index in [9.17, 15) is 21.6 Å². The molecule has 2 N–H and O–H groups in total. The summed E-state index contributed by atoms with van der Waals surface area (Å²) >= 11 is 0. The highest BCUT2D eigenvalue weighted by atomic mass is 32.2. The van der Waals surface area contributed by atoms with Crippen LogP contribution < -0.4 is 19.5 Å². The summed E-state index contributed by atoms with van der Waals surface area (Å²) in [6, 6.07) is 5.67. The van der Waals surface area contributed by atoms with E-state index in [0.717, 1.165) is 6.26 Å². The molecule has 0 aliphatic rings. The lowest BCUT2D eigenvalue weighted by atomic mass is 10.2. The number of anilines is 1. The number of benzene rings is 1. The monoisotopic (exact) mass is 430 g/mol. The van der Waals surface area contributed by atoms with Crippen LogP contribution >= 0.6 is 0 Å². The smallest absolute Gasteiger partial charge is 0.335 e. The number of sulfone groups is 1. The molecule has 1 aromatic heterocycles. The summed E-state index contributed by atoms with van der Waals surface area (Å²) in [5.74, 6) is -0.581. The molecule has 13 heteroatoms. The molecule has 152 valence electrons. The maximum atomic E-state index is 12.5. The van der Waals surface area contributed by atoms with Gasteiger partial charge in [-0.05, 0) is 11.6 Å². The third-order valence-electron chi connectivity index (χ3n) is 3.23. The quantitative estimate of drug-likeness (QED) is 0.641. The highest BCUT2D eigenvalue weighted by Gasteiger charge is 2.23. The third kappa shape index (κ3) is 5.79. The summed E-state index contributed by atoms with van der Waals surface area (Å²) in [6.45, 7) is 0. The number of aromatic nitrogens is 2. The van der Waals surface area contributed by atoms with Crippen molar-refractivity contribution in [2.24, 2.45) is 0 Å². The molecule has 0 saturated carbocycles. The zero-order valence-electron chi connectivity index (χ0n) is 15.2. The van der Waals surface area contributed by atoms with Crippen molar-refractivity contribution < 1.29 is 31.1 Å². The Morgan fingerprint density at radius 1 is 1.04 bits per heavy atom. The summed E-state index contributed by atoms with van der Waals surface area (Å²) < 4.78 is 59.8. The van der Waals surface area contributed by atoms with E-state index in [1.54, 1.807) is 4.72 Å². The molecule has 0 bridgehead atoms. The molecule has 2 aromatic rings. The lowest BCUT2D eigenvalue weighted by Crippen LogP contribution is -2.35. The van der Waals surface area contributed by atoms with Crippen molar-refractivity contribution >= 4 is 31.8 Å². The normalized spacial score (nSPS) is 11.5. The van der Waals surface area contributed by atoms with E-state index in [0.29, 0.717) is 0 Å². The topological polar surface area (TPSA) is 154 Å². The molecule has 0 atom stereocenters. The van der Waals surface area contributed by atoms with Gasteiger partial charge in [-0.1, -0.05) is 18.2 Å². The standard InChI is InChI=1S/C15H18N4O7S2/c1-25-12-8-13(26-2)17-14(16-12)18-15(20)19-28(23,24)11-7-5-4-6-10(11)9-27(3,21)22/h4-8H,9H2,1-3H3,(H2,16,17,18,19,20). The van der Waals surface area contributed by atoms with E-state index in [1.807, 2.05) is 0 Å². The number of methoxy groups -OCH3 is 2. The van der Waals surface area contributed by atoms with Gasteiger partial charge in [0, 0.05) is 6.26 Å². The summed E-state index contributed by atoms with van der Waals surface area (Å²) in [5.41, 5.74) is 0.0320. The molecular formula is C15H18N4O7S2. The first-order valence-corrected chi connectivity index (χ1v) is 11.1. The van der Waals surface area contributed by atoms with Crippen LogP contribution in [0.3, 0.4) is 0 Å². The molecular weight excluding hydrogens is 412 g/mol. The fourth-order valence-electron chi connectivity index (χ4n) is 2.14. The van der Waals surface area contributed by atoms with E-state index in [1.165, 1.54) is 44.6 Å². The van der Waals surface area contributed by atoms with Crippen LogP contribution in [-0.2, 0) is 25.6 Å². The molecule has 2 amide bonds. The van der Waals surface area contributed by atoms with Crippen LogP contribution in [0.25, 0.3) is 0 Å². The van der Waals surface area contributed by atoms with Gasteiger partial charge in [0.1, 0.15) is 0 Å². The molecule has 2 rings (SSSR count). The summed E-state index contributed by atoms with van der Waals surface area (Å²) in [6.07, 6.45) is 0.976. The molecule has 1 heterocycles. The third-order valence-corrected chi connectivity index (χ3v) is 5.50. The minimum Gasteiger partial charge on any atom is -0.481 e. The second kappa shape index (κ2) is 8.39. The average molecular weight is 430 g/mol. The van der Waals surface area contributed by atoms with Gasteiger partial charge in [-0.15, -0.1) is 0 Å². The summed E-state index contributed by atoms with van der Waals surface area (Å²) in [7, 11) is -5.17. The maximum absolute atomic E-state index is 12.5. The van der Waals surface area contributed by atoms with Crippen LogP contribution in [0, 0.1) is 0 Å². The van der Waals surface area contributed by atoms with Crippen LogP contribution in [0.2, 0.25) is 0 Å². The average Bonchev–Trinajstić information content (AvgIpc) is 2.59. The van der Waals surface area contributed by atoms with Crippen LogP contribution in [0.4, 0.5) is 10.7 Å². The molecule has 0 fully saturated rings. The van der Waals surface area contributed by atoms with E-state index in [-0.39, 0.29) is 28.2 Å². The van der Waals surface area contributed by atoms with Gasteiger partial charge in [-0.25, -0.2) is 26.4 Å². The van der Waals surface area contributed by atoms with Crippen molar-refractivity contribution in [1.82, 2.24) is 14.7 Å². The first-order chi connectivity index (χ1) is 13.0. The lowest BCUT2D eigenvalue weighted by Gasteiger charge is -2.12. The lowest BCUT2D eigenvalue weighted by molar-refractivity contribution is 0.256. The number of amides is 2. The van der Waals surface area contributed by atoms with Crippen molar-refractivity contribution in [1.29, 1.82) is 0 Å². The van der Waals surface area contributed by atoms with Crippen molar-refractivity contribution in [3.8, 4) is 11.8 Å². The maximum Gasteiger partial charge on any atom is 0.335 e. The predicted octanol–water partition coefficient (Wildman–Crippen LogP) is 0.549. The Bertz CT molecular complexity index is 1060. The molecule has 0 aliphatic heterocycles. The number of nitrogens with one attached hydrogen (secondary N) is 2. The number of sulfonamides is 1. The number of rotatable bonds is 7. The molecule has 11 nitrogen and oxygen atoms in total. The van der Waals surface area contributed by atoms with Crippen LogP contribution in [0.1, 0.15) is 5.56 Å². The number of hydrogen-bond donors (Lipinski definition) is 2. The molecule has 28 heavy (non-hydrogen) atoms. The molecule has 0 saturated heterocycles. The van der Waals surface area contributed by atoms with Gasteiger partial charge >= 0.3 is 6.03 Å². The van der Waals surface area contributed by atoms with Gasteiger partial charge in [0.05, 0.1) is 30.9 Å². The Balaban J connectivity index is 2.25. The minimum absolute atomic E-state index is 0.0320. The van der Waals surface area contributed by atoms with E-state index in [4.69, 9.17) is 9.47 Å². The minimum atomic E-state index is -4.36. The fourth-order valence-corrected chi connectivity index (χ4v) is 4.20. The Labute approximate surface area is 162 Å². The zero-order valence-corrected chi connectivity index (χ0v) is 16.8. The van der Waals surface area contributed by atoms with Crippen molar-refractivity contribution in [2.45, 2.75) is 10.6 Å².